The first-order valence-corrected chi connectivity index (χ1v) is 9.28. The SMILES string of the molecule is CCN(CC)C(=O)COC(=O)CCNS(=O)(=O)c1ccc(C)cc1. The van der Waals surface area contributed by atoms with Crippen LogP contribution in [-0.2, 0) is 24.3 Å². The molecule has 0 bridgehead atoms. The number of hydrogen-bond acceptors (Lipinski definition) is 5. The molecule has 0 saturated carbocycles. The number of ether oxygens (including phenoxy) is 1. The van der Waals surface area contributed by atoms with Gasteiger partial charge in [0.1, 0.15) is 0 Å². The average Bonchev–Trinajstić information content (AvgIpc) is 2.54. The molecule has 0 aromatic heterocycles. The highest BCUT2D eigenvalue weighted by Gasteiger charge is 2.15. The van der Waals surface area contributed by atoms with Crippen LogP contribution in [0.5, 0.6) is 0 Å². The maximum atomic E-state index is 12.0. The van der Waals surface area contributed by atoms with Crippen LogP contribution in [0.25, 0.3) is 0 Å². The van der Waals surface area contributed by atoms with Gasteiger partial charge < -0.3 is 9.64 Å². The second-order valence-corrected chi connectivity index (χ2v) is 6.95. The number of aryl methyl sites for hydroxylation is 1. The minimum atomic E-state index is -3.66. The standard InChI is InChI=1S/C16H24N2O5S/c1-4-18(5-2)15(19)12-23-16(20)10-11-17-24(21,22)14-8-6-13(3)7-9-14/h6-9,17H,4-5,10-12H2,1-3H3. The number of carbonyl (C=O) groups is 2. The van der Waals surface area contributed by atoms with Gasteiger partial charge in [0.25, 0.3) is 5.91 Å². The molecular weight excluding hydrogens is 332 g/mol. The van der Waals surface area contributed by atoms with Gasteiger partial charge in [0.05, 0.1) is 11.3 Å². The molecule has 0 unspecified atom stereocenters. The highest BCUT2D eigenvalue weighted by Crippen LogP contribution is 2.09. The van der Waals surface area contributed by atoms with Gasteiger partial charge in [0, 0.05) is 19.6 Å². The van der Waals surface area contributed by atoms with Crippen molar-refractivity contribution in [2.75, 3.05) is 26.2 Å². The first-order chi connectivity index (χ1) is 11.3. The van der Waals surface area contributed by atoms with Crippen molar-refractivity contribution >= 4 is 21.9 Å². The van der Waals surface area contributed by atoms with Crippen molar-refractivity contribution in [3.63, 3.8) is 0 Å². The lowest BCUT2D eigenvalue weighted by molar-refractivity contribution is -0.151. The summed E-state index contributed by atoms with van der Waals surface area (Å²) in [4.78, 5) is 25.0. The smallest absolute Gasteiger partial charge is 0.307 e. The topological polar surface area (TPSA) is 92.8 Å². The van der Waals surface area contributed by atoms with E-state index < -0.39 is 16.0 Å². The van der Waals surface area contributed by atoms with Crippen LogP contribution in [0.2, 0.25) is 0 Å². The molecule has 0 heterocycles. The molecule has 1 N–H and O–H groups in total. The van der Waals surface area contributed by atoms with Crippen LogP contribution in [0.3, 0.4) is 0 Å². The summed E-state index contributed by atoms with van der Waals surface area (Å²) >= 11 is 0. The quantitative estimate of drug-likeness (QED) is 0.668. The molecule has 1 aromatic rings. The van der Waals surface area contributed by atoms with E-state index in [0.29, 0.717) is 13.1 Å². The van der Waals surface area contributed by atoms with Crippen LogP contribution < -0.4 is 4.72 Å². The van der Waals surface area contributed by atoms with E-state index in [-0.39, 0.29) is 30.4 Å². The number of amides is 1. The van der Waals surface area contributed by atoms with E-state index in [2.05, 4.69) is 4.72 Å². The van der Waals surface area contributed by atoms with Crippen molar-refractivity contribution in [2.24, 2.45) is 0 Å². The van der Waals surface area contributed by atoms with Gasteiger partial charge in [-0.3, -0.25) is 9.59 Å². The highest BCUT2D eigenvalue weighted by molar-refractivity contribution is 7.89. The van der Waals surface area contributed by atoms with Gasteiger partial charge in [0.2, 0.25) is 10.0 Å². The molecule has 1 rings (SSSR count). The highest BCUT2D eigenvalue weighted by atomic mass is 32.2. The van der Waals surface area contributed by atoms with E-state index in [4.69, 9.17) is 4.74 Å². The Hall–Kier alpha value is -1.93. The van der Waals surface area contributed by atoms with Crippen LogP contribution in [0.15, 0.2) is 29.2 Å². The van der Waals surface area contributed by atoms with Gasteiger partial charge in [-0.25, -0.2) is 13.1 Å². The normalized spacial score (nSPS) is 11.1. The number of sulfonamides is 1. The van der Waals surface area contributed by atoms with E-state index in [9.17, 15) is 18.0 Å². The summed E-state index contributed by atoms with van der Waals surface area (Å²) in [5.74, 6) is -0.893. The summed E-state index contributed by atoms with van der Waals surface area (Å²) in [6, 6.07) is 6.39. The van der Waals surface area contributed by atoms with Crippen LogP contribution in [-0.4, -0.2) is 51.4 Å². The molecule has 24 heavy (non-hydrogen) atoms. The Labute approximate surface area is 143 Å². The molecule has 0 aliphatic carbocycles. The van der Waals surface area contributed by atoms with Crippen molar-refractivity contribution in [2.45, 2.75) is 32.1 Å². The van der Waals surface area contributed by atoms with Gasteiger partial charge in [-0.05, 0) is 32.9 Å². The van der Waals surface area contributed by atoms with Crippen LogP contribution >= 0.6 is 0 Å². The number of hydrogen-bond donors (Lipinski definition) is 1. The molecule has 0 atom stereocenters. The largest absolute Gasteiger partial charge is 0.456 e. The summed E-state index contributed by atoms with van der Waals surface area (Å²) in [7, 11) is -3.66. The molecule has 0 fully saturated rings. The maximum absolute atomic E-state index is 12.0. The first-order valence-electron chi connectivity index (χ1n) is 7.79. The number of nitrogens with zero attached hydrogens (tertiary/aromatic N) is 1. The fourth-order valence-electron chi connectivity index (χ4n) is 1.97. The molecule has 1 aromatic carbocycles. The predicted octanol–water partition coefficient (Wildman–Crippen LogP) is 1.08. The van der Waals surface area contributed by atoms with Crippen LogP contribution in [0, 0.1) is 6.92 Å². The van der Waals surface area contributed by atoms with Crippen molar-refractivity contribution < 1.29 is 22.7 Å². The lowest BCUT2D eigenvalue weighted by Gasteiger charge is -2.18. The minimum absolute atomic E-state index is 0.0888. The van der Waals surface area contributed by atoms with Crippen LogP contribution in [0.4, 0.5) is 0 Å². The average molecular weight is 356 g/mol. The molecule has 0 saturated heterocycles. The van der Waals surface area contributed by atoms with Gasteiger partial charge in [-0.1, -0.05) is 17.7 Å². The summed E-state index contributed by atoms with van der Waals surface area (Å²) in [5.41, 5.74) is 0.954. The predicted molar refractivity (Wildman–Crippen MR) is 89.9 cm³/mol. The number of benzene rings is 1. The van der Waals surface area contributed by atoms with Crippen molar-refractivity contribution in [3.05, 3.63) is 29.8 Å². The molecular formula is C16H24N2O5S. The summed E-state index contributed by atoms with van der Waals surface area (Å²) < 4.78 is 31.3. The van der Waals surface area contributed by atoms with E-state index in [1.165, 1.54) is 12.1 Å². The number of likely N-dealkylation sites (N-methyl/N-ethyl adjacent to an activating group) is 1. The Morgan fingerprint density at radius 3 is 2.25 bits per heavy atom. The van der Waals surface area contributed by atoms with Crippen molar-refractivity contribution in [3.8, 4) is 0 Å². The first kappa shape index (κ1) is 20.1. The van der Waals surface area contributed by atoms with Crippen molar-refractivity contribution in [1.82, 2.24) is 9.62 Å². The zero-order valence-corrected chi connectivity index (χ0v) is 15.1. The zero-order valence-electron chi connectivity index (χ0n) is 14.2. The van der Waals surface area contributed by atoms with Gasteiger partial charge in [-0.2, -0.15) is 0 Å². The summed E-state index contributed by atoms with van der Waals surface area (Å²) in [6.07, 6.45) is -0.142. The fourth-order valence-corrected chi connectivity index (χ4v) is 3.00. The third kappa shape index (κ3) is 6.29. The Kier molecular flexibility index (Phi) is 7.87. The monoisotopic (exact) mass is 356 g/mol. The zero-order chi connectivity index (χ0) is 18.2. The van der Waals surface area contributed by atoms with E-state index >= 15 is 0 Å². The second kappa shape index (κ2) is 9.39. The maximum Gasteiger partial charge on any atom is 0.307 e. The molecule has 0 spiro atoms. The Balaban J connectivity index is 2.40. The minimum Gasteiger partial charge on any atom is -0.456 e. The molecule has 134 valence electrons. The van der Waals surface area contributed by atoms with Crippen LogP contribution in [0.1, 0.15) is 25.8 Å². The fraction of sp³-hybridized carbons (Fsp3) is 0.500. The number of esters is 1. The molecule has 0 aliphatic heterocycles. The summed E-state index contributed by atoms with van der Waals surface area (Å²) in [5, 5.41) is 0. The molecule has 7 nitrogen and oxygen atoms in total. The Bertz CT molecular complexity index is 652. The second-order valence-electron chi connectivity index (χ2n) is 5.19. The molecule has 0 radical (unpaired) electrons. The lowest BCUT2D eigenvalue weighted by atomic mass is 10.2. The van der Waals surface area contributed by atoms with Gasteiger partial charge in [-0.15, -0.1) is 0 Å². The molecule has 8 heteroatoms. The third-order valence-corrected chi connectivity index (χ3v) is 4.90. The van der Waals surface area contributed by atoms with Gasteiger partial charge in [0.15, 0.2) is 6.61 Å². The molecule has 1 amide bonds. The lowest BCUT2D eigenvalue weighted by Crippen LogP contribution is -2.34. The van der Waals surface area contributed by atoms with E-state index in [0.717, 1.165) is 5.56 Å². The van der Waals surface area contributed by atoms with E-state index in [1.807, 2.05) is 20.8 Å². The number of rotatable bonds is 9. The number of carbonyl (C=O) groups excluding carboxylic acids is 2. The Morgan fingerprint density at radius 1 is 1.12 bits per heavy atom. The Morgan fingerprint density at radius 2 is 1.71 bits per heavy atom. The third-order valence-electron chi connectivity index (χ3n) is 3.43. The molecule has 0 aliphatic rings. The summed E-state index contributed by atoms with van der Waals surface area (Å²) in [6.45, 7) is 6.21. The van der Waals surface area contributed by atoms with Crippen molar-refractivity contribution in [1.29, 1.82) is 0 Å². The van der Waals surface area contributed by atoms with Gasteiger partial charge >= 0.3 is 5.97 Å². The number of nitrogens with one attached hydrogen (secondary N) is 1. The van der Waals surface area contributed by atoms with E-state index in [1.54, 1.807) is 17.0 Å².